The number of ether oxygens (including phenoxy) is 1. The van der Waals surface area contributed by atoms with Crippen LogP contribution in [0.15, 0.2) is 65.7 Å². The topological polar surface area (TPSA) is 89.7 Å². The van der Waals surface area contributed by atoms with Crippen LogP contribution in [-0.4, -0.2) is 27.2 Å². The molecule has 0 spiro atoms. The third-order valence-electron chi connectivity index (χ3n) is 5.02. The molecule has 2 N–H and O–H groups in total. The first-order chi connectivity index (χ1) is 14.2. The molecule has 0 aliphatic heterocycles. The van der Waals surface area contributed by atoms with Crippen LogP contribution in [0.1, 0.15) is 11.3 Å². The Morgan fingerprint density at radius 1 is 1.14 bits per heavy atom. The molecule has 0 unspecified atom stereocenters. The number of carbonyl (C=O) groups excluding carboxylic acids is 1. The van der Waals surface area contributed by atoms with Crippen LogP contribution in [0.4, 0.5) is 10.5 Å². The molecule has 8 nitrogen and oxygen atoms in total. The molecule has 144 valence electrons. The summed E-state index contributed by atoms with van der Waals surface area (Å²) in [6.07, 6.45) is 3.99. The molecule has 0 saturated heterocycles. The molecular weight excluding hydrogens is 370 g/mol. The van der Waals surface area contributed by atoms with Gasteiger partial charge in [-0.2, -0.15) is 0 Å². The van der Waals surface area contributed by atoms with E-state index in [4.69, 9.17) is 4.74 Å². The molecule has 29 heavy (non-hydrogen) atoms. The maximum absolute atomic E-state index is 13.1. The summed E-state index contributed by atoms with van der Waals surface area (Å²) in [6, 6.07) is 14.3. The maximum Gasteiger partial charge on any atom is 0.338 e. The average molecular weight is 387 g/mol. The van der Waals surface area contributed by atoms with E-state index in [1.165, 1.54) is 11.8 Å². The SMILES string of the molecule is COc1ccccc1NC(=O)Nn1c2c(n3ccnc3c1=O)Cc1ccccc1-2. The Kier molecular flexibility index (Phi) is 3.83. The lowest BCUT2D eigenvalue weighted by molar-refractivity contribution is 0.259. The molecule has 0 bridgehead atoms. The fraction of sp³-hybridized carbons (Fsp3) is 0.0952. The van der Waals surface area contributed by atoms with Crippen molar-refractivity contribution in [1.82, 2.24) is 14.1 Å². The van der Waals surface area contributed by atoms with E-state index in [-0.39, 0.29) is 5.65 Å². The van der Waals surface area contributed by atoms with Gasteiger partial charge in [-0.1, -0.05) is 36.4 Å². The first-order valence-electron chi connectivity index (χ1n) is 9.07. The highest BCUT2D eigenvalue weighted by Crippen LogP contribution is 2.35. The van der Waals surface area contributed by atoms with Crippen molar-refractivity contribution >= 4 is 17.4 Å². The van der Waals surface area contributed by atoms with E-state index in [1.54, 1.807) is 35.0 Å². The van der Waals surface area contributed by atoms with Crippen LogP contribution in [0.25, 0.3) is 16.9 Å². The number of benzene rings is 2. The second-order valence-electron chi connectivity index (χ2n) is 6.66. The van der Waals surface area contributed by atoms with E-state index in [1.807, 2.05) is 30.3 Å². The number of aromatic nitrogens is 3. The van der Waals surface area contributed by atoms with Crippen LogP contribution in [0.3, 0.4) is 0 Å². The molecule has 0 fully saturated rings. The maximum atomic E-state index is 13.1. The Bertz CT molecular complexity index is 1320. The summed E-state index contributed by atoms with van der Waals surface area (Å²) >= 11 is 0. The van der Waals surface area contributed by atoms with Gasteiger partial charge in [-0.25, -0.2) is 19.9 Å². The van der Waals surface area contributed by atoms with Crippen LogP contribution in [0.2, 0.25) is 0 Å². The normalized spacial score (nSPS) is 11.8. The molecule has 4 aromatic rings. The predicted molar refractivity (Wildman–Crippen MR) is 109 cm³/mol. The Morgan fingerprint density at radius 3 is 2.79 bits per heavy atom. The lowest BCUT2D eigenvalue weighted by Gasteiger charge is -2.16. The summed E-state index contributed by atoms with van der Waals surface area (Å²) < 4.78 is 8.32. The standard InChI is InChI=1S/C21H17N5O3/c1-29-17-9-5-4-8-15(17)23-21(28)24-26-18-14-7-3-2-6-13(14)12-16(18)25-11-10-22-19(25)20(26)27/h2-11H,12H2,1H3,(H2,23,24,28). The number of rotatable bonds is 3. The number of hydrogen-bond acceptors (Lipinski definition) is 4. The molecule has 2 amide bonds. The number of hydrogen-bond donors (Lipinski definition) is 2. The number of imidazole rings is 1. The molecule has 2 aromatic carbocycles. The second kappa shape index (κ2) is 6.52. The van der Waals surface area contributed by atoms with Gasteiger partial charge in [0.1, 0.15) is 5.75 Å². The molecule has 1 aliphatic rings. The number of nitrogens with zero attached hydrogens (tertiary/aromatic N) is 3. The molecule has 2 aromatic heterocycles. The Balaban J connectivity index is 1.60. The molecule has 2 heterocycles. The summed E-state index contributed by atoms with van der Waals surface area (Å²) in [5.41, 5.74) is 6.59. The Morgan fingerprint density at radius 2 is 1.93 bits per heavy atom. The van der Waals surface area contributed by atoms with E-state index >= 15 is 0 Å². The van der Waals surface area contributed by atoms with E-state index < -0.39 is 11.6 Å². The van der Waals surface area contributed by atoms with Gasteiger partial charge in [0.2, 0.25) is 5.65 Å². The number of methoxy groups -OCH3 is 1. The van der Waals surface area contributed by atoms with Gasteiger partial charge in [0.15, 0.2) is 0 Å². The van der Waals surface area contributed by atoms with Gasteiger partial charge >= 0.3 is 11.6 Å². The fourth-order valence-corrected chi connectivity index (χ4v) is 3.76. The number of para-hydroxylation sites is 2. The Labute approximate surface area is 165 Å². The fourth-order valence-electron chi connectivity index (χ4n) is 3.76. The van der Waals surface area contributed by atoms with Crippen LogP contribution in [0, 0.1) is 0 Å². The van der Waals surface area contributed by atoms with Crippen molar-refractivity contribution < 1.29 is 9.53 Å². The van der Waals surface area contributed by atoms with E-state index in [0.717, 1.165) is 16.8 Å². The van der Waals surface area contributed by atoms with E-state index in [0.29, 0.717) is 23.6 Å². The van der Waals surface area contributed by atoms with Crippen molar-refractivity contribution in [3.63, 3.8) is 0 Å². The summed E-state index contributed by atoms with van der Waals surface area (Å²) in [5, 5.41) is 2.73. The van der Waals surface area contributed by atoms with E-state index in [9.17, 15) is 9.59 Å². The number of amides is 2. The number of nitrogens with one attached hydrogen (secondary N) is 2. The van der Waals surface area contributed by atoms with Gasteiger partial charge < -0.3 is 10.1 Å². The zero-order chi connectivity index (χ0) is 20.0. The number of anilines is 1. The minimum atomic E-state index is -0.556. The smallest absolute Gasteiger partial charge is 0.338 e. The van der Waals surface area contributed by atoms with Crippen LogP contribution < -0.4 is 21.0 Å². The lowest BCUT2D eigenvalue weighted by Crippen LogP contribution is -2.38. The van der Waals surface area contributed by atoms with Crippen molar-refractivity contribution in [3.05, 3.63) is 82.5 Å². The van der Waals surface area contributed by atoms with Gasteiger partial charge in [0.25, 0.3) is 0 Å². The molecule has 1 aliphatic carbocycles. The zero-order valence-corrected chi connectivity index (χ0v) is 15.5. The summed E-state index contributed by atoms with van der Waals surface area (Å²) in [6.45, 7) is 0. The summed E-state index contributed by atoms with van der Waals surface area (Å²) in [5.74, 6) is 0.522. The monoisotopic (exact) mass is 387 g/mol. The number of urea groups is 1. The highest BCUT2D eigenvalue weighted by molar-refractivity contribution is 5.96. The van der Waals surface area contributed by atoms with Gasteiger partial charge in [-0.3, -0.25) is 9.20 Å². The van der Waals surface area contributed by atoms with Gasteiger partial charge in [-0.05, 0) is 17.7 Å². The first-order valence-corrected chi connectivity index (χ1v) is 9.07. The predicted octanol–water partition coefficient (Wildman–Crippen LogP) is 2.85. The van der Waals surface area contributed by atoms with Crippen molar-refractivity contribution in [3.8, 4) is 17.0 Å². The molecule has 8 heteroatoms. The number of carbonyl (C=O) groups is 1. The zero-order valence-electron chi connectivity index (χ0n) is 15.5. The van der Waals surface area contributed by atoms with Gasteiger partial charge in [0, 0.05) is 24.4 Å². The van der Waals surface area contributed by atoms with Crippen molar-refractivity contribution in [2.75, 3.05) is 17.9 Å². The minimum Gasteiger partial charge on any atom is -0.495 e. The quantitative estimate of drug-likeness (QED) is 0.498. The lowest BCUT2D eigenvalue weighted by atomic mass is 10.1. The third kappa shape index (κ3) is 2.65. The van der Waals surface area contributed by atoms with Crippen LogP contribution >= 0.6 is 0 Å². The van der Waals surface area contributed by atoms with E-state index in [2.05, 4.69) is 15.7 Å². The van der Waals surface area contributed by atoms with Gasteiger partial charge in [-0.15, -0.1) is 0 Å². The molecule has 0 saturated carbocycles. The highest BCUT2D eigenvalue weighted by Gasteiger charge is 2.27. The molecule has 0 atom stereocenters. The van der Waals surface area contributed by atoms with Crippen molar-refractivity contribution in [2.45, 2.75) is 6.42 Å². The average Bonchev–Trinajstić information content (AvgIpc) is 3.36. The minimum absolute atomic E-state index is 0.258. The second-order valence-corrected chi connectivity index (χ2v) is 6.66. The van der Waals surface area contributed by atoms with Gasteiger partial charge in [0.05, 0.1) is 24.2 Å². The number of fused-ring (bicyclic) bond motifs is 5. The summed E-state index contributed by atoms with van der Waals surface area (Å²) in [4.78, 5) is 30.0. The molecule has 5 rings (SSSR count). The molecular formula is C21H17N5O3. The summed E-state index contributed by atoms with van der Waals surface area (Å²) in [7, 11) is 1.53. The third-order valence-corrected chi connectivity index (χ3v) is 5.02. The highest BCUT2D eigenvalue weighted by atomic mass is 16.5. The largest absolute Gasteiger partial charge is 0.495 e. The van der Waals surface area contributed by atoms with Crippen LogP contribution in [-0.2, 0) is 6.42 Å². The molecule has 0 radical (unpaired) electrons. The van der Waals surface area contributed by atoms with Crippen LogP contribution in [0.5, 0.6) is 5.75 Å². The first kappa shape index (κ1) is 17.1. The van der Waals surface area contributed by atoms with Crippen molar-refractivity contribution in [1.29, 1.82) is 0 Å². The van der Waals surface area contributed by atoms with Crippen molar-refractivity contribution in [2.24, 2.45) is 0 Å². The Hall–Kier alpha value is -4.07.